The first-order chi connectivity index (χ1) is 8.95. The number of hydrogen-bond acceptors (Lipinski definition) is 3. The van der Waals surface area contributed by atoms with Crippen molar-refractivity contribution in [3.8, 4) is 11.3 Å². The third-order valence-corrected chi connectivity index (χ3v) is 3.10. The Balaban J connectivity index is 2.52. The van der Waals surface area contributed by atoms with Crippen molar-refractivity contribution in [3.05, 3.63) is 36.2 Å². The summed E-state index contributed by atoms with van der Waals surface area (Å²) < 4.78 is 7.22. The van der Waals surface area contributed by atoms with E-state index in [-0.39, 0.29) is 5.54 Å². The van der Waals surface area contributed by atoms with E-state index >= 15 is 0 Å². The van der Waals surface area contributed by atoms with E-state index in [2.05, 4.69) is 25.8 Å². The Morgan fingerprint density at radius 2 is 1.95 bits per heavy atom. The third kappa shape index (κ3) is 2.63. The fraction of sp³-hybridized carbons (Fsp3) is 0.400. The summed E-state index contributed by atoms with van der Waals surface area (Å²) in [6.45, 7) is 6.87. The quantitative estimate of drug-likeness (QED) is 0.921. The fourth-order valence-electron chi connectivity index (χ4n) is 2.13. The predicted molar refractivity (Wildman–Crippen MR) is 77.8 cm³/mol. The van der Waals surface area contributed by atoms with Crippen molar-refractivity contribution >= 4 is 5.82 Å². The van der Waals surface area contributed by atoms with Gasteiger partial charge in [0.15, 0.2) is 0 Å². The van der Waals surface area contributed by atoms with Crippen LogP contribution in [0.3, 0.4) is 0 Å². The van der Waals surface area contributed by atoms with Gasteiger partial charge < -0.3 is 15.0 Å². The minimum Gasteiger partial charge on any atom is -0.383 e. The molecule has 2 N–H and O–H groups in total. The highest BCUT2D eigenvalue weighted by Crippen LogP contribution is 2.31. The van der Waals surface area contributed by atoms with Crippen LogP contribution in [0.2, 0.25) is 0 Å². The molecule has 0 unspecified atom stereocenters. The molecule has 4 heteroatoms. The van der Waals surface area contributed by atoms with Crippen LogP contribution in [-0.4, -0.2) is 16.7 Å². The number of imidazole rings is 1. The molecule has 2 aromatic rings. The van der Waals surface area contributed by atoms with Gasteiger partial charge in [0.05, 0.1) is 12.9 Å². The van der Waals surface area contributed by atoms with Crippen LogP contribution in [0.25, 0.3) is 11.3 Å². The summed E-state index contributed by atoms with van der Waals surface area (Å²) in [5.74, 6) is 0.691. The van der Waals surface area contributed by atoms with Gasteiger partial charge in [-0.3, -0.25) is 0 Å². The summed E-state index contributed by atoms with van der Waals surface area (Å²) in [7, 11) is 1.69. The zero-order valence-corrected chi connectivity index (χ0v) is 12.0. The smallest absolute Gasteiger partial charge is 0.132 e. The average molecular weight is 259 g/mol. The number of methoxy groups -OCH3 is 1. The normalized spacial score (nSPS) is 11.8. The number of anilines is 1. The number of ether oxygens (including phenoxy) is 1. The molecule has 0 saturated heterocycles. The molecule has 1 heterocycles. The minimum absolute atomic E-state index is 0.0778. The Hall–Kier alpha value is -1.81. The van der Waals surface area contributed by atoms with Crippen molar-refractivity contribution in [3.63, 3.8) is 0 Å². The summed E-state index contributed by atoms with van der Waals surface area (Å²) in [4.78, 5) is 4.48. The van der Waals surface area contributed by atoms with Gasteiger partial charge in [0.25, 0.3) is 0 Å². The lowest BCUT2D eigenvalue weighted by Crippen LogP contribution is -2.22. The van der Waals surface area contributed by atoms with Gasteiger partial charge in [0.1, 0.15) is 11.5 Å². The van der Waals surface area contributed by atoms with Crippen molar-refractivity contribution in [2.45, 2.75) is 32.9 Å². The molecule has 102 valence electrons. The van der Waals surface area contributed by atoms with Gasteiger partial charge in [-0.2, -0.15) is 0 Å². The van der Waals surface area contributed by atoms with E-state index in [0.717, 1.165) is 16.8 Å². The Morgan fingerprint density at radius 1 is 1.26 bits per heavy atom. The van der Waals surface area contributed by atoms with Gasteiger partial charge in [-0.1, -0.05) is 24.3 Å². The van der Waals surface area contributed by atoms with Gasteiger partial charge in [-0.15, -0.1) is 0 Å². The Bertz CT molecular complexity index is 567. The molecule has 0 atom stereocenters. The second kappa shape index (κ2) is 5.05. The summed E-state index contributed by atoms with van der Waals surface area (Å²) in [5.41, 5.74) is 9.12. The molecule has 2 rings (SSSR count). The zero-order valence-electron chi connectivity index (χ0n) is 12.0. The number of nitrogens with zero attached hydrogens (tertiary/aromatic N) is 2. The van der Waals surface area contributed by atoms with Gasteiger partial charge in [-0.25, -0.2) is 4.98 Å². The van der Waals surface area contributed by atoms with Gasteiger partial charge in [-0.05, 0) is 26.3 Å². The molecule has 0 saturated carbocycles. The molecule has 1 aromatic heterocycles. The molecule has 19 heavy (non-hydrogen) atoms. The zero-order chi connectivity index (χ0) is 14.0. The lowest BCUT2D eigenvalue weighted by atomic mass is 10.0. The number of benzene rings is 1. The summed E-state index contributed by atoms with van der Waals surface area (Å²) >= 11 is 0. The summed E-state index contributed by atoms with van der Waals surface area (Å²) in [5, 5.41) is 0. The van der Waals surface area contributed by atoms with E-state index < -0.39 is 0 Å². The maximum Gasteiger partial charge on any atom is 0.132 e. The summed E-state index contributed by atoms with van der Waals surface area (Å²) in [6, 6.07) is 8.05. The maximum absolute atomic E-state index is 6.25. The predicted octanol–water partition coefficient (Wildman–Crippen LogP) is 3.03. The monoisotopic (exact) mass is 259 g/mol. The van der Waals surface area contributed by atoms with Gasteiger partial charge in [0, 0.05) is 18.2 Å². The van der Waals surface area contributed by atoms with E-state index in [1.807, 2.05) is 28.8 Å². The van der Waals surface area contributed by atoms with E-state index in [1.165, 1.54) is 0 Å². The van der Waals surface area contributed by atoms with E-state index in [9.17, 15) is 0 Å². The topological polar surface area (TPSA) is 53.1 Å². The number of nitrogen functional groups attached to an aromatic ring is 1. The average Bonchev–Trinajstić information content (AvgIpc) is 2.72. The molecule has 0 radical (unpaired) electrons. The first-order valence-corrected chi connectivity index (χ1v) is 6.35. The minimum atomic E-state index is -0.0778. The fourth-order valence-corrected chi connectivity index (χ4v) is 2.13. The van der Waals surface area contributed by atoms with Crippen LogP contribution in [-0.2, 0) is 16.9 Å². The molecule has 0 aliphatic heterocycles. The highest BCUT2D eigenvalue weighted by atomic mass is 16.5. The van der Waals surface area contributed by atoms with E-state index in [4.69, 9.17) is 10.5 Å². The molecule has 4 nitrogen and oxygen atoms in total. The number of nitrogens with two attached hydrogens (primary N) is 1. The highest BCUT2D eigenvalue weighted by Gasteiger charge is 2.20. The molecule has 1 aromatic carbocycles. The Labute approximate surface area is 114 Å². The molecule has 0 bridgehead atoms. The second-order valence-electron chi connectivity index (χ2n) is 5.61. The second-order valence-corrected chi connectivity index (χ2v) is 5.61. The lowest BCUT2D eigenvalue weighted by molar-refractivity contribution is 0.185. The third-order valence-electron chi connectivity index (χ3n) is 3.10. The van der Waals surface area contributed by atoms with E-state index in [1.54, 1.807) is 13.4 Å². The Kier molecular flexibility index (Phi) is 3.62. The molecular weight excluding hydrogens is 238 g/mol. The molecule has 0 spiro atoms. The van der Waals surface area contributed by atoms with Crippen molar-refractivity contribution in [1.29, 1.82) is 0 Å². The van der Waals surface area contributed by atoms with Crippen molar-refractivity contribution in [2.75, 3.05) is 12.8 Å². The molecule has 0 aliphatic carbocycles. The van der Waals surface area contributed by atoms with E-state index in [0.29, 0.717) is 12.4 Å². The number of hydrogen-bond donors (Lipinski definition) is 1. The van der Waals surface area contributed by atoms with Gasteiger partial charge >= 0.3 is 0 Å². The number of aromatic nitrogens is 2. The molecule has 0 amide bonds. The highest BCUT2D eigenvalue weighted by molar-refractivity contribution is 5.73. The molecule has 0 aliphatic rings. The number of rotatable bonds is 3. The van der Waals surface area contributed by atoms with Crippen LogP contribution in [0, 0.1) is 0 Å². The van der Waals surface area contributed by atoms with Crippen molar-refractivity contribution < 1.29 is 4.74 Å². The SMILES string of the molecule is COCc1ccccc1-c1ncn(C(C)(C)C)c1N. The largest absolute Gasteiger partial charge is 0.383 e. The van der Waals surface area contributed by atoms with Crippen molar-refractivity contribution in [2.24, 2.45) is 0 Å². The molecule has 0 fully saturated rings. The summed E-state index contributed by atoms with van der Waals surface area (Å²) in [6.07, 6.45) is 1.80. The van der Waals surface area contributed by atoms with Crippen LogP contribution in [0.15, 0.2) is 30.6 Å². The Morgan fingerprint density at radius 3 is 2.53 bits per heavy atom. The molecular formula is C15H21N3O. The maximum atomic E-state index is 6.25. The lowest BCUT2D eigenvalue weighted by Gasteiger charge is -2.22. The van der Waals surface area contributed by atoms with Crippen molar-refractivity contribution in [1.82, 2.24) is 9.55 Å². The van der Waals surface area contributed by atoms with Gasteiger partial charge in [0.2, 0.25) is 0 Å². The van der Waals surface area contributed by atoms with Crippen LogP contribution in [0.1, 0.15) is 26.3 Å². The van der Waals surface area contributed by atoms with Crippen LogP contribution in [0.5, 0.6) is 0 Å². The van der Waals surface area contributed by atoms with Crippen LogP contribution >= 0.6 is 0 Å². The standard InChI is InChI=1S/C15H21N3O/c1-15(2,3)18-10-17-13(14(18)16)12-8-6-5-7-11(12)9-19-4/h5-8,10H,9,16H2,1-4H3. The first kappa shape index (κ1) is 13.6. The van der Waals surface area contributed by atoms with Crippen LogP contribution in [0.4, 0.5) is 5.82 Å². The first-order valence-electron chi connectivity index (χ1n) is 6.35. The van der Waals surface area contributed by atoms with Crippen LogP contribution < -0.4 is 5.73 Å².